The Morgan fingerprint density at radius 2 is 1.97 bits per heavy atom. The maximum atomic E-state index is 14.0. The quantitative estimate of drug-likeness (QED) is 0.197. The number of amides is 2. The summed E-state index contributed by atoms with van der Waals surface area (Å²) in [5.41, 5.74) is -1.87. The average Bonchev–Trinajstić information content (AvgIpc) is 3.42. The highest BCUT2D eigenvalue weighted by atomic mass is 16.6. The molecule has 0 aliphatic carbocycles. The first-order valence-corrected chi connectivity index (χ1v) is 13.6. The van der Waals surface area contributed by atoms with Gasteiger partial charge in [-0.25, -0.2) is 0 Å². The van der Waals surface area contributed by atoms with E-state index in [4.69, 9.17) is 9.47 Å². The van der Waals surface area contributed by atoms with Crippen LogP contribution in [0.15, 0.2) is 25.3 Å². The van der Waals surface area contributed by atoms with Crippen LogP contribution >= 0.6 is 0 Å². The number of nitrogens with zero attached hydrogens (tertiary/aromatic N) is 2. The molecule has 0 saturated carbocycles. The van der Waals surface area contributed by atoms with E-state index in [0.717, 1.165) is 32.1 Å². The molecule has 1 spiro atoms. The predicted molar refractivity (Wildman–Crippen MR) is 137 cm³/mol. The van der Waals surface area contributed by atoms with Crippen LogP contribution in [-0.4, -0.2) is 82.8 Å². The zero-order chi connectivity index (χ0) is 26.3. The normalized spacial score (nSPS) is 30.4. The number of esters is 1. The Labute approximate surface area is 215 Å². The molecule has 3 aliphatic rings. The van der Waals surface area contributed by atoms with E-state index in [0.29, 0.717) is 51.9 Å². The minimum Gasteiger partial charge on any atom is -0.465 e. The van der Waals surface area contributed by atoms with Crippen molar-refractivity contribution in [3.8, 4) is 0 Å². The van der Waals surface area contributed by atoms with Crippen LogP contribution in [0.4, 0.5) is 0 Å². The van der Waals surface area contributed by atoms with Gasteiger partial charge >= 0.3 is 5.97 Å². The van der Waals surface area contributed by atoms with Gasteiger partial charge in [-0.1, -0.05) is 25.5 Å². The van der Waals surface area contributed by atoms with E-state index in [9.17, 15) is 19.5 Å². The van der Waals surface area contributed by atoms with Gasteiger partial charge in [0.15, 0.2) is 0 Å². The van der Waals surface area contributed by atoms with Crippen LogP contribution in [0.5, 0.6) is 0 Å². The van der Waals surface area contributed by atoms with Crippen molar-refractivity contribution < 1.29 is 29.0 Å². The van der Waals surface area contributed by atoms with Crippen molar-refractivity contribution in [3.05, 3.63) is 25.3 Å². The van der Waals surface area contributed by atoms with Crippen LogP contribution in [0.3, 0.4) is 0 Å². The van der Waals surface area contributed by atoms with Crippen molar-refractivity contribution >= 4 is 17.8 Å². The number of allylic oxidation sites excluding steroid dienone is 1. The fourth-order valence-corrected chi connectivity index (χ4v) is 6.32. The molecule has 8 heteroatoms. The third-order valence-electron chi connectivity index (χ3n) is 8.06. The van der Waals surface area contributed by atoms with Gasteiger partial charge in [-0.2, -0.15) is 0 Å². The molecule has 36 heavy (non-hydrogen) atoms. The molecule has 0 radical (unpaired) electrons. The van der Waals surface area contributed by atoms with E-state index in [1.807, 2.05) is 13.0 Å². The molecule has 3 heterocycles. The predicted octanol–water partition coefficient (Wildman–Crippen LogP) is 3.24. The molecule has 8 nitrogen and oxygen atoms in total. The summed E-state index contributed by atoms with van der Waals surface area (Å²) in [6.07, 6.45) is 10.0. The minimum absolute atomic E-state index is 0.0175. The number of unbranched alkanes of at least 4 members (excludes halogenated alkanes) is 4. The molecule has 3 fully saturated rings. The largest absolute Gasteiger partial charge is 0.465 e. The molecule has 3 saturated heterocycles. The fourth-order valence-electron chi connectivity index (χ4n) is 6.32. The molecule has 0 aromatic heterocycles. The number of aliphatic hydroxyl groups is 1. The molecule has 3 aliphatic heterocycles. The second-order valence-electron chi connectivity index (χ2n) is 10.6. The highest BCUT2D eigenvalue weighted by molar-refractivity contribution is 5.98. The lowest BCUT2D eigenvalue weighted by atomic mass is 9.66. The SMILES string of the molecule is C=CCCCCOC(=O)[C@@H]1[C@H]2C(=O)N(CCCCO)C(C(=O)N(CC=C)CCCC)C23CC[C@@]1(C)O3. The Balaban J connectivity index is 1.91. The zero-order valence-electron chi connectivity index (χ0n) is 22.1. The smallest absolute Gasteiger partial charge is 0.312 e. The lowest BCUT2D eigenvalue weighted by Gasteiger charge is -2.36. The van der Waals surface area contributed by atoms with Crippen LogP contribution in [0, 0.1) is 11.8 Å². The van der Waals surface area contributed by atoms with Gasteiger partial charge in [-0.3, -0.25) is 14.4 Å². The van der Waals surface area contributed by atoms with Crippen molar-refractivity contribution in [2.75, 3.05) is 32.8 Å². The topological polar surface area (TPSA) is 96.4 Å². The molecular weight excluding hydrogens is 460 g/mol. The third kappa shape index (κ3) is 5.25. The number of rotatable bonds is 16. The summed E-state index contributed by atoms with van der Waals surface area (Å²) >= 11 is 0. The van der Waals surface area contributed by atoms with Gasteiger partial charge in [-0.15, -0.1) is 13.2 Å². The number of carbonyl (C=O) groups excluding carboxylic acids is 3. The van der Waals surface area contributed by atoms with Crippen LogP contribution in [0.2, 0.25) is 0 Å². The van der Waals surface area contributed by atoms with E-state index in [1.54, 1.807) is 15.9 Å². The summed E-state index contributed by atoms with van der Waals surface area (Å²) in [6.45, 7) is 13.1. The maximum Gasteiger partial charge on any atom is 0.312 e. The molecule has 202 valence electrons. The Morgan fingerprint density at radius 3 is 2.64 bits per heavy atom. The van der Waals surface area contributed by atoms with E-state index in [1.165, 1.54) is 0 Å². The number of likely N-dealkylation sites (tertiary alicyclic amines) is 1. The van der Waals surface area contributed by atoms with E-state index in [2.05, 4.69) is 20.1 Å². The van der Waals surface area contributed by atoms with Gasteiger partial charge in [0, 0.05) is 26.2 Å². The van der Waals surface area contributed by atoms with E-state index >= 15 is 0 Å². The Kier molecular flexibility index (Phi) is 9.75. The molecular formula is C28H44N2O6. The monoisotopic (exact) mass is 504 g/mol. The second-order valence-corrected chi connectivity index (χ2v) is 10.6. The van der Waals surface area contributed by atoms with Crippen molar-refractivity contribution in [2.24, 2.45) is 11.8 Å². The van der Waals surface area contributed by atoms with Crippen LogP contribution in [-0.2, 0) is 23.9 Å². The molecule has 5 atom stereocenters. The van der Waals surface area contributed by atoms with E-state index in [-0.39, 0.29) is 18.4 Å². The number of ether oxygens (including phenoxy) is 2. The van der Waals surface area contributed by atoms with Gasteiger partial charge in [0.25, 0.3) is 0 Å². The summed E-state index contributed by atoms with van der Waals surface area (Å²) in [5.74, 6) is -2.24. The Morgan fingerprint density at radius 1 is 1.19 bits per heavy atom. The van der Waals surface area contributed by atoms with Gasteiger partial charge < -0.3 is 24.4 Å². The molecule has 3 rings (SSSR count). The van der Waals surface area contributed by atoms with Crippen LogP contribution < -0.4 is 0 Å². The first kappa shape index (κ1) is 28.4. The number of hydrogen-bond acceptors (Lipinski definition) is 6. The van der Waals surface area contributed by atoms with Gasteiger partial charge in [0.05, 0.1) is 18.1 Å². The lowest BCUT2D eigenvalue weighted by Crippen LogP contribution is -2.56. The van der Waals surface area contributed by atoms with Gasteiger partial charge in [-0.05, 0) is 58.3 Å². The van der Waals surface area contributed by atoms with E-state index < -0.39 is 35.0 Å². The Hall–Kier alpha value is -2.19. The van der Waals surface area contributed by atoms with Crippen molar-refractivity contribution in [2.45, 2.75) is 88.9 Å². The molecule has 2 amide bonds. The molecule has 0 aromatic carbocycles. The number of hydrogen-bond donors (Lipinski definition) is 1. The molecule has 2 bridgehead atoms. The third-order valence-corrected chi connectivity index (χ3v) is 8.06. The van der Waals surface area contributed by atoms with Crippen LogP contribution in [0.1, 0.15) is 71.6 Å². The summed E-state index contributed by atoms with van der Waals surface area (Å²) < 4.78 is 12.3. The lowest BCUT2D eigenvalue weighted by molar-refractivity contribution is -0.160. The standard InChI is InChI=1S/C28H44N2O6/c1-5-8-10-13-20-35-26(34)22-21-24(32)30(18-11-12-19-31)23(28(21)15-14-27(22,4)36-28)25(33)29(16-7-3)17-9-6-2/h5,7,21-23,31H,1,3,6,8-20H2,2,4H3/t21-,22-,23?,27+,28?/m0/s1. The number of carbonyl (C=O) groups is 3. The van der Waals surface area contributed by atoms with Crippen LogP contribution in [0.25, 0.3) is 0 Å². The summed E-state index contributed by atoms with van der Waals surface area (Å²) in [7, 11) is 0. The highest BCUT2D eigenvalue weighted by Gasteiger charge is 2.78. The fraction of sp³-hybridized carbons (Fsp3) is 0.750. The molecule has 2 unspecified atom stereocenters. The Bertz CT molecular complexity index is 831. The summed E-state index contributed by atoms with van der Waals surface area (Å²) in [4.78, 5) is 44.7. The van der Waals surface area contributed by atoms with Crippen molar-refractivity contribution in [1.82, 2.24) is 9.80 Å². The second kappa shape index (κ2) is 12.4. The first-order valence-electron chi connectivity index (χ1n) is 13.6. The highest BCUT2D eigenvalue weighted by Crippen LogP contribution is 2.63. The average molecular weight is 505 g/mol. The number of aliphatic hydroxyl groups excluding tert-OH is 1. The summed E-state index contributed by atoms with van der Waals surface area (Å²) in [5, 5.41) is 9.31. The van der Waals surface area contributed by atoms with Gasteiger partial charge in [0.1, 0.15) is 17.6 Å². The zero-order valence-corrected chi connectivity index (χ0v) is 22.1. The minimum atomic E-state index is -1.04. The van der Waals surface area contributed by atoms with Crippen molar-refractivity contribution in [3.63, 3.8) is 0 Å². The first-order chi connectivity index (χ1) is 17.3. The van der Waals surface area contributed by atoms with Gasteiger partial charge in [0.2, 0.25) is 11.8 Å². The summed E-state index contributed by atoms with van der Waals surface area (Å²) in [6, 6.07) is -0.794. The molecule has 0 aromatic rings. The maximum absolute atomic E-state index is 14.0. The molecule has 1 N–H and O–H groups in total. The number of fused-ring (bicyclic) bond motifs is 1. The van der Waals surface area contributed by atoms with Crippen molar-refractivity contribution in [1.29, 1.82) is 0 Å².